The van der Waals surface area contributed by atoms with Crippen molar-refractivity contribution in [3.63, 3.8) is 0 Å². The van der Waals surface area contributed by atoms with Crippen LogP contribution in [0.25, 0.3) is 0 Å². The lowest BCUT2D eigenvalue weighted by atomic mass is 10.1. The molecular formula is C13H21N3O4S. The van der Waals surface area contributed by atoms with Crippen LogP contribution in [0.4, 0.5) is 5.88 Å². The lowest BCUT2D eigenvalue weighted by Crippen LogP contribution is -2.32. The van der Waals surface area contributed by atoms with E-state index in [4.69, 9.17) is 10.3 Å². The number of aromatic nitrogens is 1. The number of nitrogens with one attached hydrogen (secondary N) is 1. The van der Waals surface area contributed by atoms with Gasteiger partial charge in [-0.05, 0) is 18.1 Å². The summed E-state index contributed by atoms with van der Waals surface area (Å²) in [4.78, 5) is 22.8. The Kier molecular flexibility index (Phi) is 7.24. The van der Waals surface area contributed by atoms with Crippen molar-refractivity contribution in [2.24, 2.45) is 5.73 Å². The third-order valence-electron chi connectivity index (χ3n) is 2.69. The van der Waals surface area contributed by atoms with E-state index in [-0.39, 0.29) is 17.6 Å². The molecule has 0 aromatic carbocycles. The Morgan fingerprint density at radius 2 is 2.24 bits per heavy atom. The maximum Gasteiger partial charge on any atom is 0.322 e. The fourth-order valence-electron chi connectivity index (χ4n) is 1.44. The molecule has 0 radical (unpaired) electrons. The van der Waals surface area contributed by atoms with Gasteiger partial charge in [0.25, 0.3) is 0 Å². The summed E-state index contributed by atoms with van der Waals surface area (Å²) in [5.74, 6) is 0.813. The van der Waals surface area contributed by atoms with E-state index in [1.165, 1.54) is 18.9 Å². The van der Waals surface area contributed by atoms with Gasteiger partial charge < -0.3 is 15.0 Å². The van der Waals surface area contributed by atoms with Crippen LogP contribution in [-0.4, -0.2) is 41.7 Å². The maximum atomic E-state index is 11.7. The molecule has 0 fully saturated rings. The lowest BCUT2D eigenvalue weighted by Gasteiger charge is -2.08. The summed E-state index contributed by atoms with van der Waals surface area (Å²) < 4.78 is 9.53. The molecule has 7 nitrogen and oxygen atoms in total. The van der Waals surface area contributed by atoms with Crippen molar-refractivity contribution in [1.82, 2.24) is 5.16 Å². The molecule has 0 aliphatic heterocycles. The lowest BCUT2D eigenvalue weighted by molar-refractivity contribution is -0.142. The third-order valence-corrected chi connectivity index (χ3v) is 3.68. The van der Waals surface area contributed by atoms with Crippen molar-refractivity contribution in [1.29, 1.82) is 0 Å². The van der Waals surface area contributed by atoms with Crippen LogP contribution in [0.5, 0.6) is 0 Å². The van der Waals surface area contributed by atoms with Crippen molar-refractivity contribution in [2.45, 2.75) is 32.2 Å². The van der Waals surface area contributed by atoms with Crippen LogP contribution in [0.15, 0.2) is 10.6 Å². The zero-order valence-electron chi connectivity index (χ0n) is 12.4. The number of hydrogen-bond donors (Lipinski definition) is 2. The highest BCUT2D eigenvalue weighted by atomic mass is 32.2. The summed E-state index contributed by atoms with van der Waals surface area (Å²) in [5, 5.41) is 6.48. The number of amides is 1. The summed E-state index contributed by atoms with van der Waals surface area (Å²) in [5.41, 5.74) is 6.38. The molecule has 1 heterocycles. The molecule has 1 aromatic heterocycles. The number of rotatable bonds is 8. The van der Waals surface area contributed by atoms with Gasteiger partial charge in [-0.1, -0.05) is 19.0 Å². The Bertz CT molecular complexity index is 476. The first-order valence-electron chi connectivity index (χ1n) is 6.61. The SMILES string of the molecule is COC(=O)C(N)CCSCC(=O)Nc1cc(C(C)C)no1. The summed E-state index contributed by atoms with van der Waals surface area (Å²) in [6, 6.07) is 1.06. The number of hydrogen-bond acceptors (Lipinski definition) is 7. The Morgan fingerprint density at radius 3 is 2.81 bits per heavy atom. The van der Waals surface area contributed by atoms with E-state index in [9.17, 15) is 9.59 Å². The van der Waals surface area contributed by atoms with Crippen LogP contribution < -0.4 is 11.1 Å². The minimum Gasteiger partial charge on any atom is -0.468 e. The van der Waals surface area contributed by atoms with Gasteiger partial charge in [0, 0.05) is 6.07 Å². The Labute approximate surface area is 127 Å². The van der Waals surface area contributed by atoms with E-state index in [2.05, 4.69) is 15.2 Å². The number of nitrogens with two attached hydrogens (primary N) is 1. The van der Waals surface area contributed by atoms with Gasteiger partial charge in [-0.25, -0.2) is 0 Å². The summed E-state index contributed by atoms with van der Waals surface area (Å²) in [7, 11) is 1.30. The Balaban J connectivity index is 2.23. The van der Waals surface area contributed by atoms with Crippen molar-refractivity contribution in [2.75, 3.05) is 23.9 Å². The first-order valence-corrected chi connectivity index (χ1v) is 7.77. The summed E-state index contributed by atoms with van der Waals surface area (Å²) in [6.45, 7) is 3.98. The van der Waals surface area contributed by atoms with Crippen LogP contribution in [0, 0.1) is 0 Å². The van der Waals surface area contributed by atoms with Gasteiger partial charge in [-0.3, -0.25) is 14.9 Å². The van der Waals surface area contributed by atoms with E-state index in [0.29, 0.717) is 18.1 Å². The van der Waals surface area contributed by atoms with Crippen LogP contribution >= 0.6 is 11.8 Å². The van der Waals surface area contributed by atoms with Gasteiger partial charge >= 0.3 is 5.97 Å². The van der Waals surface area contributed by atoms with Gasteiger partial charge in [0.05, 0.1) is 18.6 Å². The normalized spacial score (nSPS) is 12.2. The number of carbonyl (C=O) groups is 2. The van der Waals surface area contributed by atoms with Crippen molar-refractivity contribution >= 4 is 29.5 Å². The van der Waals surface area contributed by atoms with Crippen LogP contribution in [-0.2, 0) is 14.3 Å². The first kappa shape index (κ1) is 17.5. The number of anilines is 1. The third kappa shape index (κ3) is 6.17. The molecule has 0 aliphatic carbocycles. The molecule has 1 amide bonds. The average molecular weight is 315 g/mol. The highest BCUT2D eigenvalue weighted by Crippen LogP contribution is 2.17. The predicted molar refractivity (Wildman–Crippen MR) is 81.2 cm³/mol. The zero-order valence-corrected chi connectivity index (χ0v) is 13.2. The molecule has 21 heavy (non-hydrogen) atoms. The largest absolute Gasteiger partial charge is 0.468 e. The second-order valence-corrected chi connectivity index (χ2v) is 5.89. The number of ether oxygens (including phenoxy) is 1. The second-order valence-electron chi connectivity index (χ2n) is 4.79. The van der Waals surface area contributed by atoms with Gasteiger partial charge in [0.15, 0.2) is 0 Å². The van der Waals surface area contributed by atoms with Crippen molar-refractivity contribution in [3.05, 3.63) is 11.8 Å². The molecule has 1 rings (SSSR count). The summed E-state index contributed by atoms with van der Waals surface area (Å²) >= 11 is 1.39. The molecule has 1 atom stereocenters. The quantitative estimate of drug-likeness (QED) is 0.551. The van der Waals surface area contributed by atoms with Crippen molar-refractivity contribution in [3.8, 4) is 0 Å². The van der Waals surface area contributed by atoms with Gasteiger partial charge in [-0.15, -0.1) is 0 Å². The Hall–Kier alpha value is -1.54. The number of nitrogens with zero attached hydrogens (tertiary/aromatic N) is 1. The molecule has 3 N–H and O–H groups in total. The molecule has 0 saturated heterocycles. The topological polar surface area (TPSA) is 107 Å². The predicted octanol–water partition coefficient (Wildman–Crippen LogP) is 1.36. The molecule has 1 unspecified atom stereocenters. The molecule has 0 spiro atoms. The highest BCUT2D eigenvalue weighted by Gasteiger charge is 2.14. The molecule has 0 aliphatic rings. The molecule has 118 valence electrons. The van der Waals surface area contributed by atoms with Gasteiger partial charge in [0.2, 0.25) is 11.8 Å². The number of esters is 1. The standard InChI is InChI=1S/C13H21N3O4S/c1-8(2)10-6-12(20-16-10)15-11(17)7-21-5-4-9(14)13(18)19-3/h6,8-9H,4-5,7,14H2,1-3H3,(H,15,17). The first-order chi connectivity index (χ1) is 9.93. The van der Waals surface area contributed by atoms with Crippen LogP contribution in [0.2, 0.25) is 0 Å². The van der Waals surface area contributed by atoms with Gasteiger partial charge in [0.1, 0.15) is 6.04 Å². The van der Waals surface area contributed by atoms with E-state index >= 15 is 0 Å². The maximum absolute atomic E-state index is 11.7. The van der Waals surface area contributed by atoms with Crippen molar-refractivity contribution < 1.29 is 18.8 Å². The summed E-state index contributed by atoms with van der Waals surface area (Å²) in [6.07, 6.45) is 0.463. The minimum atomic E-state index is -0.645. The van der Waals surface area contributed by atoms with E-state index in [0.717, 1.165) is 5.69 Å². The minimum absolute atomic E-state index is 0.182. The van der Waals surface area contributed by atoms with Gasteiger partial charge in [-0.2, -0.15) is 11.8 Å². The fourth-order valence-corrected chi connectivity index (χ4v) is 2.26. The van der Waals surface area contributed by atoms with E-state index in [1.807, 2.05) is 13.8 Å². The molecule has 8 heteroatoms. The molecule has 1 aromatic rings. The monoisotopic (exact) mass is 315 g/mol. The Morgan fingerprint density at radius 1 is 1.52 bits per heavy atom. The van der Waals surface area contributed by atoms with Crippen LogP contribution in [0.1, 0.15) is 31.9 Å². The fraction of sp³-hybridized carbons (Fsp3) is 0.615. The highest BCUT2D eigenvalue weighted by molar-refractivity contribution is 7.99. The number of methoxy groups -OCH3 is 1. The van der Waals surface area contributed by atoms with E-state index < -0.39 is 12.0 Å². The smallest absolute Gasteiger partial charge is 0.322 e. The zero-order chi connectivity index (χ0) is 15.8. The molecule has 0 saturated carbocycles. The number of carbonyl (C=O) groups excluding carboxylic acids is 2. The molecular weight excluding hydrogens is 294 g/mol. The van der Waals surface area contributed by atoms with E-state index in [1.54, 1.807) is 6.07 Å². The second kappa shape index (κ2) is 8.68. The average Bonchev–Trinajstić information content (AvgIpc) is 2.91. The number of thioether (sulfide) groups is 1. The molecule has 0 bridgehead atoms. The van der Waals surface area contributed by atoms with Crippen LogP contribution in [0.3, 0.4) is 0 Å².